The molecule has 1 aromatic carbocycles. The number of benzene rings is 1. The van der Waals surface area contributed by atoms with E-state index in [0.717, 1.165) is 62.5 Å². The third kappa shape index (κ3) is 6.50. The molecule has 0 heterocycles. The molecule has 0 bridgehead atoms. The zero-order valence-electron chi connectivity index (χ0n) is 36.2. The number of esters is 1. The van der Waals surface area contributed by atoms with Gasteiger partial charge in [0.1, 0.15) is 12.3 Å². The van der Waals surface area contributed by atoms with Gasteiger partial charge in [0, 0.05) is 30.1 Å². The minimum absolute atomic E-state index is 0.0167. The first-order chi connectivity index (χ1) is 26.3. The van der Waals surface area contributed by atoms with Gasteiger partial charge in [-0.05, 0) is 133 Å². The summed E-state index contributed by atoms with van der Waals surface area (Å²) in [4.78, 5) is 39.8. The highest BCUT2D eigenvalue weighted by molar-refractivity contribution is 7.90. The molecule has 0 aliphatic heterocycles. The smallest absolute Gasteiger partial charge is 0.309 e. The third-order valence-corrected chi connectivity index (χ3v) is 19.2. The highest BCUT2D eigenvalue weighted by Gasteiger charge is 2.70. The van der Waals surface area contributed by atoms with Crippen LogP contribution in [0.15, 0.2) is 40.3 Å². The molecule has 10 heteroatoms. The maximum Gasteiger partial charge on any atom is 0.309 e. The van der Waals surface area contributed by atoms with E-state index in [1.807, 2.05) is 13.8 Å². The number of carboxylic acid groups (broad SMARTS) is 1. The van der Waals surface area contributed by atoms with Crippen molar-refractivity contribution in [2.24, 2.45) is 68.0 Å². The van der Waals surface area contributed by atoms with Crippen molar-refractivity contribution in [3.05, 3.63) is 41.0 Å². The van der Waals surface area contributed by atoms with E-state index in [0.29, 0.717) is 37.6 Å². The fourth-order valence-electron chi connectivity index (χ4n) is 14.7. The monoisotopic (exact) mass is 807 g/mol. The van der Waals surface area contributed by atoms with Gasteiger partial charge in [-0.2, -0.15) is 0 Å². The van der Waals surface area contributed by atoms with Gasteiger partial charge in [-0.3, -0.25) is 19.7 Å². The fourth-order valence-corrected chi connectivity index (χ4v) is 15.3. The molecular weight excluding hydrogens is 739 g/mol. The van der Waals surface area contributed by atoms with Crippen molar-refractivity contribution in [2.45, 2.75) is 157 Å². The number of ether oxygens (including phenoxy) is 1. The second-order valence-electron chi connectivity index (χ2n) is 21.8. The van der Waals surface area contributed by atoms with Crippen molar-refractivity contribution in [1.29, 1.82) is 0 Å². The lowest BCUT2D eigenvalue weighted by Crippen LogP contribution is -2.66. The number of aliphatic hydroxyl groups excluding tert-OH is 1. The standard InChI is InChI=1S/C47H69NO8S/c1-27(2)38-33(49)24-47(25-37(50)48-26-28-11-13-29(14-12-28)57(10,54)55)22-21-45(8)30(39(38)47)15-16-35-44(7)19-18-36(43(5,6)34(44)17-20-46(35,45)9)56-41(53)32-23-31(40(51)52)42(32,3)4/h11-14,27,30-32,34-37,48,50H,15-26H2,1-10H3,(H,51,52)/t30-,31+,32-,34+,35-,36+,37?,44+,45-,46-,47+/m1/s1. The van der Waals surface area contributed by atoms with E-state index in [1.54, 1.807) is 24.3 Å². The summed E-state index contributed by atoms with van der Waals surface area (Å²) in [6, 6.07) is 6.77. The number of aliphatic hydroxyl groups is 1. The molecule has 316 valence electrons. The van der Waals surface area contributed by atoms with Gasteiger partial charge in [0.15, 0.2) is 15.6 Å². The molecule has 1 aromatic rings. The molecule has 9 nitrogen and oxygen atoms in total. The Kier molecular flexibility index (Phi) is 10.5. The molecule has 3 N–H and O–H groups in total. The number of carboxylic acids is 1. The first kappa shape index (κ1) is 42.6. The van der Waals surface area contributed by atoms with Crippen LogP contribution in [0.3, 0.4) is 0 Å². The number of allylic oxidation sites excluding steroid dienone is 2. The van der Waals surface area contributed by atoms with E-state index < -0.39 is 39.3 Å². The highest BCUT2D eigenvalue weighted by Crippen LogP contribution is 2.77. The number of hydrogen-bond acceptors (Lipinski definition) is 8. The Morgan fingerprint density at radius 3 is 2.12 bits per heavy atom. The Balaban J connectivity index is 1.11. The van der Waals surface area contributed by atoms with E-state index in [1.165, 1.54) is 11.8 Å². The topological polar surface area (TPSA) is 147 Å². The van der Waals surface area contributed by atoms with Gasteiger partial charge in [0.05, 0.1) is 16.7 Å². The predicted octanol–water partition coefficient (Wildman–Crippen LogP) is 8.53. The minimum atomic E-state index is -3.29. The summed E-state index contributed by atoms with van der Waals surface area (Å²) in [7, 11) is -3.29. The average Bonchev–Trinajstić information content (AvgIpc) is 3.39. The average molecular weight is 808 g/mol. The molecule has 5 fully saturated rings. The van der Waals surface area contributed by atoms with Crippen LogP contribution in [0, 0.1) is 68.0 Å². The lowest BCUT2D eigenvalue weighted by Gasteiger charge is -2.72. The Bertz CT molecular complexity index is 1950. The number of aliphatic carboxylic acids is 1. The van der Waals surface area contributed by atoms with E-state index in [-0.39, 0.29) is 61.7 Å². The lowest BCUT2D eigenvalue weighted by molar-refractivity contribution is -0.237. The van der Waals surface area contributed by atoms with E-state index in [4.69, 9.17) is 4.74 Å². The molecule has 0 amide bonds. The molecule has 0 radical (unpaired) electrons. The van der Waals surface area contributed by atoms with Crippen LogP contribution in [0.25, 0.3) is 0 Å². The number of ketones is 1. The van der Waals surface area contributed by atoms with Crippen LogP contribution in [-0.4, -0.2) is 54.9 Å². The van der Waals surface area contributed by atoms with Crippen LogP contribution in [0.1, 0.15) is 139 Å². The van der Waals surface area contributed by atoms with E-state index in [2.05, 4.69) is 53.8 Å². The predicted molar refractivity (Wildman–Crippen MR) is 219 cm³/mol. The first-order valence-electron chi connectivity index (χ1n) is 21.7. The number of nitrogens with one attached hydrogen (secondary N) is 1. The molecule has 6 aliphatic carbocycles. The summed E-state index contributed by atoms with van der Waals surface area (Å²) in [6.45, 7) is 20.7. The molecule has 57 heavy (non-hydrogen) atoms. The van der Waals surface area contributed by atoms with Crippen molar-refractivity contribution < 1.29 is 37.8 Å². The minimum Gasteiger partial charge on any atom is -0.481 e. The normalized spacial score (nSPS) is 40.0. The van der Waals surface area contributed by atoms with Crippen LogP contribution < -0.4 is 5.32 Å². The van der Waals surface area contributed by atoms with Crippen molar-refractivity contribution in [3.63, 3.8) is 0 Å². The van der Waals surface area contributed by atoms with Crippen LogP contribution in [-0.2, 0) is 35.5 Å². The maximum atomic E-state index is 14.1. The third-order valence-electron chi connectivity index (χ3n) is 18.1. The van der Waals surface area contributed by atoms with Gasteiger partial charge < -0.3 is 14.9 Å². The van der Waals surface area contributed by atoms with Gasteiger partial charge in [-0.25, -0.2) is 8.42 Å². The van der Waals surface area contributed by atoms with Crippen LogP contribution in [0.5, 0.6) is 0 Å². The molecule has 11 atom stereocenters. The lowest BCUT2D eigenvalue weighted by atomic mass is 9.33. The Morgan fingerprint density at radius 1 is 0.860 bits per heavy atom. The number of carbonyl (C=O) groups excluding carboxylic acids is 2. The summed E-state index contributed by atoms with van der Waals surface area (Å²) in [5.74, 6) is -0.515. The molecule has 0 saturated heterocycles. The molecule has 7 rings (SSSR count). The summed E-state index contributed by atoms with van der Waals surface area (Å²) < 4.78 is 30.3. The SMILES string of the molecule is CC(C)C1=C2[C@H]3CC[C@@H]4[C@@]5(C)CC[C@H](OC(=O)[C@H]6C[C@@H](C(=O)O)C6(C)C)C(C)(C)[C@@H]5CC[C@@]4(C)[C@]3(C)CC[C@@]2(CC(O)NCc2ccc(S(C)(=O)=O)cc2)CC1=O. The summed E-state index contributed by atoms with van der Waals surface area (Å²) in [5.41, 5.74) is 2.08. The second kappa shape index (κ2) is 14.0. The first-order valence-corrected chi connectivity index (χ1v) is 23.6. The van der Waals surface area contributed by atoms with Crippen molar-refractivity contribution >= 4 is 27.6 Å². The van der Waals surface area contributed by atoms with Crippen molar-refractivity contribution in [3.8, 4) is 0 Å². The maximum absolute atomic E-state index is 14.1. The Hall–Kier alpha value is -2.56. The summed E-state index contributed by atoms with van der Waals surface area (Å²) in [5, 5.41) is 24.6. The van der Waals surface area contributed by atoms with E-state index >= 15 is 0 Å². The number of Topliss-reactive ketones (excluding diaryl/α,β-unsaturated/α-hetero) is 1. The van der Waals surface area contributed by atoms with Gasteiger partial charge >= 0.3 is 11.9 Å². The number of carbonyl (C=O) groups is 3. The van der Waals surface area contributed by atoms with Gasteiger partial charge in [-0.15, -0.1) is 0 Å². The van der Waals surface area contributed by atoms with Crippen LogP contribution >= 0.6 is 0 Å². The summed E-state index contributed by atoms with van der Waals surface area (Å²) >= 11 is 0. The van der Waals surface area contributed by atoms with E-state index in [9.17, 15) is 33.0 Å². The van der Waals surface area contributed by atoms with Gasteiger partial charge in [0.25, 0.3) is 0 Å². The van der Waals surface area contributed by atoms with Crippen molar-refractivity contribution in [2.75, 3.05) is 6.26 Å². The second-order valence-corrected chi connectivity index (χ2v) is 23.8. The molecule has 0 spiro atoms. The molecule has 0 aromatic heterocycles. The summed E-state index contributed by atoms with van der Waals surface area (Å²) in [6.07, 6.45) is 9.35. The van der Waals surface area contributed by atoms with Crippen LogP contribution in [0.2, 0.25) is 0 Å². The highest BCUT2D eigenvalue weighted by atomic mass is 32.2. The van der Waals surface area contributed by atoms with Crippen LogP contribution in [0.4, 0.5) is 0 Å². The number of rotatable bonds is 10. The molecular formula is C47H69NO8S. The zero-order valence-corrected chi connectivity index (χ0v) is 37.0. The quantitative estimate of drug-likeness (QED) is 0.156. The Labute approximate surface area is 341 Å². The Morgan fingerprint density at radius 2 is 1.53 bits per heavy atom. The molecule has 5 saturated carbocycles. The van der Waals surface area contributed by atoms with Gasteiger partial charge in [0.2, 0.25) is 0 Å². The zero-order chi connectivity index (χ0) is 41.9. The number of sulfone groups is 1. The number of fused-ring (bicyclic) bond motifs is 7. The molecule has 1 unspecified atom stereocenters. The largest absolute Gasteiger partial charge is 0.481 e. The fraction of sp³-hybridized carbons (Fsp3) is 0.766. The molecule has 6 aliphatic rings. The number of hydrogen-bond donors (Lipinski definition) is 3. The van der Waals surface area contributed by atoms with Gasteiger partial charge in [-0.1, -0.05) is 80.0 Å². The van der Waals surface area contributed by atoms with Crippen molar-refractivity contribution in [1.82, 2.24) is 5.32 Å².